The van der Waals surface area contributed by atoms with Gasteiger partial charge in [-0.15, -0.1) is 0 Å². The van der Waals surface area contributed by atoms with Crippen molar-refractivity contribution >= 4 is 42.0 Å². The van der Waals surface area contributed by atoms with Crippen molar-refractivity contribution in [1.29, 1.82) is 0 Å². The van der Waals surface area contributed by atoms with Crippen LogP contribution in [-0.2, 0) is 33.9 Å². The van der Waals surface area contributed by atoms with Gasteiger partial charge in [-0.3, -0.25) is 9.59 Å². The molecule has 0 aromatic heterocycles. The molecule has 12 nitrogen and oxygen atoms in total. The third kappa shape index (κ3) is 9.90. The molecule has 1 aliphatic carbocycles. The molecule has 0 unspecified atom stereocenters. The molecule has 0 spiro atoms. The zero-order chi connectivity index (χ0) is 34.0. The second-order valence-corrected chi connectivity index (χ2v) is 23.4. The molecule has 0 bridgehead atoms. The van der Waals surface area contributed by atoms with Crippen LogP contribution in [0.5, 0.6) is 0 Å². The highest BCUT2D eigenvalue weighted by Crippen LogP contribution is 2.65. The molecule has 2 heterocycles. The number of methoxy groups -OCH3 is 1. The Kier molecular flexibility index (Phi) is 11.8. The quantitative estimate of drug-likeness (QED) is 0.322. The number of carbonyl (C=O) groups excluding carboxylic acids is 4. The number of hydrogen-bond donors (Lipinski definition) is 2. The molecule has 2 N–H and O–H groups in total. The number of hydrogen-bond acceptors (Lipinski definition) is 8. The van der Waals surface area contributed by atoms with E-state index < -0.39 is 65.7 Å². The van der Waals surface area contributed by atoms with Crippen molar-refractivity contribution < 1.29 is 37.1 Å². The fourth-order valence-corrected chi connectivity index (χ4v) is 11.1. The molecule has 1 saturated carbocycles. The fraction of sp³-hybridized carbons (Fsp3) is 0.871. The van der Waals surface area contributed by atoms with Gasteiger partial charge in [-0.05, 0) is 56.9 Å². The van der Waals surface area contributed by atoms with E-state index in [0.29, 0.717) is 25.3 Å². The first-order valence-electron chi connectivity index (χ1n) is 16.3. The third-order valence-corrected chi connectivity index (χ3v) is 13.3. The largest absolute Gasteiger partial charge is 0.467 e. The minimum Gasteiger partial charge on any atom is -0.467 e. The van der Waals surface area contributed by atoms with E-state index in [1.807, 2.05) is 0 Å². The van der Waals surface area contributed by atoms with Gasteiger partial charge in [0.05, 0.1) is 12.9 Å². The zero-order valence-corrected chi connectivity index (χ0v) is 30.6. The number of nitrogens with one attached hydrogen (secondary N) is 2. The first kappa shape index (κ1) is 37.3. The van der Waals surface area contributed by atoms with Crippen LogP contribution < -0.4 is 10.6 Å². The molecular weight excluding hydrogens is 617 g/mol. The lowest BCUT2D eigenvalue weighted by atomic mass is 9.98. The van der Waals surface area contributed by atoms with E-state index >= 15 is 0 Å². The van der Waals surface area contributed by atoms with Gasteiger partial charge in [0.1, 0.15) is 23.7 Å². The van der Waals surface area contributed by atoms with Crippen LogP contribution in [0.15, 0.2) is 0 Å². The van der Waals surface area contributed by atoms with Gasteiger partial charge in [-0.1, -0.05) is 59.2 Å². The standard InChI is InChI=1S/C31H56N4O8SSi/c1-30(2,3)43-29(39)33-23-20-34(44(40,41)17-18-45(7,8)9)16-14-12-10-11-13-15-22(28(38)42-6)32-26(36)25-24-21(31(24,4)5)19-35(25)27(23)37/h21-25H,10-20H2,1-9H3,(H,32,36)(H,33,39)/t21-,22-,23-,24-,25-/m0/s1. The average Bonchev–Trinajstić information content (AvgIpc) is 3.23. The van der Waals surface area contributed by atoms with Crippen LogP contribution in [0.1, 0.15) is 73.1 Å². The Morgan fingerprint density at radius 3 is 2.27 bits per heavy atom. The van der Waals surface area contributed by atoms with Crippen LogP contribution in [-0.4, -0.2) is 106 Å². The van der Waals surface area contributed by atoms with E-state index in [2.05, 4.69) is 44.1 Å². The van der Waals surface area contributed by atoms with Gasteiger partial charge in [0.2, 0.25) is 21.8 Å². The lowest BCUT2D eigenvalue weighted by Gasteiger charge is -2.35. The van der Waals surface area contributed by atoms with Gasteiger partial charge < -0.3 is 25.0 Å². The van der Waals surface area contributed by atoms with Crippen molar-refractivity contribution in [2.45, 2.75) is 123 Å². The molecule has 2 saturated heterocycles. The first-order valence-corrected chi connectivity index (χ1v) is 21.7. The van der Waals surface area contributed by atoms with Crippen LogP contribution >= 0.6 is 0 Å². The van der Waals surface area contributed by atoms with Crippen molar-refractivity contribution in [3.8, 4) is 0 Å². The molecule has 2 aliphatic heterocycles. The molecule has 0 aromatic carbocycles. The lowest BCUT2D eigenvalue weighted by molar-refractivity contribution is -0.147. The highest BCUT2D eigenvalue weighted by Gasteiger charge is 2.69. The molecule has 3 aliphatic rings. The molecule has 3 fully saturated rings. The predicted molar refractivity (Wildman–Crippen MR) is 175 cm³/mol. The minimum absolute atomic E-state index is 0.0297. The fourth-order valence-electron chi connectivity index (χ4n) is 6.58. The van der Waals surface area contributed by atoms with E-state index in [-0.39, 0.29) is 42.6 Å². The summed E-state index contributed by atoms with van der Waals surface area (Å²) in [7, 11) is -4.17. The van der Waals surface area contributed by atoms with Crippen LogP contribution in [0.3, 0.4) is 0 Å². The summed E-state index contributed by atoms with van der Waals surface area (Å²) in [5.41, 5.74) is -1.04. The average molecular weight is 673 g/mol. The smallest absolute Gasteiger partial charge is 0.408 e. The maximum atomic E-state index is 14.4. The van der Waals surface area contributed by atoms with Gasteiger partial charge in [0.25, 0.3) is 0 Å². The third-order valence-electron chi connectivity index (χ3n) is 9.34. The van der Waals surface area contributed by atoms with Crippen LogP contribution in [0, 0.1) is 17.3 Å². The van der Waals surface area contributed by atoms with E-state index in [9.17, 15) is 27.6 Å². The van der Waals surface area contributed by atoms with Gasteiger partial charge in [-0.25, -0.2) is 18.0 Å². The Bertz CT molecular complexity index is 1210. The Balaban J connectivity index is 2.01. The summed E-state index contributed by atoms with van der Waals surface area (Å²) in [6.45, 7) is 15.8. The van der Waals surface area contributed by atoms with Crippen molar-refractivity contribution in [3.05, 3.63) is 0 Å². The molecule has 0 radical (unpaired) electrons. The normalized spacial score (nSPS) is 28.8. The Morgan fingerprint density at radius 2 is 1.67 bits per heavy atom. The first-order chi connectivity index (χ1) is 20.7. The molecule has 14 heteroatoms. The Morgan fingerprint density at radius 1 is 1.04 bits per heavy atom. The molecule has 5 atom stereocenters. The highest BCUT2D eigenvalue weighted by atomic mass is 32.2. The molecule has 3 rings (SSSR count). The summed E-state index contributed by atoms with van der Waals surface area (Å²) < 4.78 is 39.3. The molecular formula is C31H56N4O8SSi. The number of esters is 1. The monoisotopic (exact) mass is 672 g/mol. The number of amides is 3. The number of sulfonamides is 1. The number of nitrogens with zero attached hydrogens (tertiary/aromatic N) is 2. The topological polar surface area (TPSA) is 151 Å². The summed E-state index contributed by atoms with van der Waals surface area (Å²) in [6.07, 6.45) is 3.20. The number of fused-ring (bicyclic) bond motifs is 3. The van der Waals surface area contributed by atoms with E-state index in [1.54, 1.807) is 20.8 Å². The van der Waals surface area contributed by atoms with E-state index in [1.165, 1.54) is 16.3 Å². The number of alkyl carbamates (subject to hydrolysis) is 1. The summed E-state index contributed by atoms with van der Waals surface area (Å²) in [5.74, 6) is -1.64. The highest BCUT2D eigenvalue weighted by molar-refractivity contribution is 7.89. The Hall–Kier alpha value is -2.19. The molecule has 45 heavy (non-hydrogen) atoms. The maximum Gasteiger partial charge on any atom is 0.408 e. The van der Waals surface area contributed by atoms with Crippen molar-refractivity contribution in [1.82, 2.24) is 19.8 Å². The summed E-state index contributed by atoms with van der Waals surface area (Å²) in [6, 6.07) is -2.42. The Labute approximate surface area is 270 Å². The summed E-state index contributed by atoms with van der Waals surface area (Å²) >= 11 is 0. The van der Waals surface area contributed by atoms with Gasteiger partial charge in [0, 0.05) is 27.7 Å². The van der Waals surface area contributed by atoms with Crippen LogP contribution in [0.25, 0.3) is 0 Å². The molecule has 3 amide bonds. The molecule has 0 aromatic rings. The number of carbonyl (C=O) groups is 4. The van der Waals surface area contributed by atoms with Gasteiger partial charge >= 0.3 is 12.1 Å². The number of ether oxygens (including phenoxy) is 2. The lowest BCUT2D eigenvalue weighted by Crippen LogP contribution is -2.60. The number of rotatable bonds is 6. The van der Waals surface area contributed by atoms with Crippen molar-refractivity contribution in [3.63, 3.8) is 0 Å². The van der Waals surface area contributed by atoms with E-state index in [0.717, 1.165) is 19.3 Å². The molecule has 258 valence electrons. The summed E-state index contributed by atoms with van der Waals surface area (Å²) in [4.78, 5) is 55.4. The van der Waals surface area contributed by atoms with Gasteiger partial charge in [-0.2, -0.15) is 4.31 Å². The number of piperidine rings is 1. The SMILES string of the molecule is COC(=O)[C@@H]1CCCCCCCN(S(=O)(=O)CC[Si](C)(C)C)C[C@H](NC(=O)OC(C)(C)C)C(=O)N2C[C@H]3[C@@H]([C@H]2C(=O)N1)C3(C)C. The zero-order valence-electron chi connectivity index (χ0n) is 28.7. The van der Waals surface area contributed by atoms with Crippen molar-refractivity contribution in [2.75, 3.05) is 32.5 Å². The van der Waals surface area contributed by atoms with Crippen LogP contribution in [0.2, 0.25) is 25.7 Å². The van der Waals surface area contributed by atoms with Gasteiger partial charge in [0.15, 0.2) is 0 Å². The van der Waals surface area contributed by atoms with E-state index in [4.69, 9.17) is 9.47 Å². The van der Waals surface area contributed by atoms with Crippen molar-refractivity contribution in [2.24, 2.45) is 17.3 Å². The van der Waals surface area contributed by atoms with Crippen LogP contribution in [0.4, 0.5) is 4.79 Å². The minimum atomic E-state index is -3.76. The summed E-state index contributed by atoms with van der Waals surface area (Å²) in [5, 5.41) is 5.53. The maximum absolute atomic E-state index is 14.4. The second-order valence-electron chi connectivity index (χ2n) is 15.7. The predicted octanol–water partition coefficient (Wildman–Crippen LogP) is 3.34. The second kappa shape index (κ2) is 14.3.